The fourth-order valence-electron chi connectivity index (χ4n) is 1.76. The highest BCUT2D eigenvalue weighted by Gasteiger charge is 2.13. The Bertz CT molecular complexity index is 300. The van der Waals surface area contributed by atoms with Gasteiger partial charge in [0.1, 0.15) is 11.0 Å². The van der Waals surface area contributed by atoms with Crippen molar-refractivity contribution in [3.63, 3.8) is 0 Å². The molecule has 84 valence electrons. The van der Waals surface area contributed by atoms with Gasteiger partial charge in [-0.25, -0.2) is 4.98 Å². The van der Waals surface area contributed by atoms with Gasteiger partial charge in [0.25, 0.3) is 0 Å². The second-order valence-corrected chi connectivity index (χ2v) is 4.12. The largest absolute Gasteiger partial charge is 0.366 e. The summed E-state index contributed by atoms with van der Waals surface area (Å²) in [4.78, 5) is 8.15. The number of rotatable bonds is 5. The molecule has 0 spiro atoms. The van der Waals surface area contributed by atoms with Crippen LogP contribution in [-0.4, -0.2) is 16.0 Å². The van der Waals surface area contributed by atoms with Crippen molar-refractivity contribution in [1.82, 2.24) is 9.97 Å². The molecule has 3 nitrogen and oxygen atoms in total. The Balaban J connectivity index is 2.61. The Morgan fingerprint density at radius 3 is 2.53 bits per heavy atom. The Hall–Kier alpha value is -0.830. The third-order valence-corrected chi connectivity index (χ3v) is 2.92. The molecule has 0 saturated heterocycles. The van der Waals surface area contributed by atoms with Gasteiger partial charge in [-0.1, -0.05) is 38.3 Å². The second kappa shape index (κ2) is 5.91. The first-order chi connectivity index (χ1) is 7.17. The lowest BCUT2D eigenvalue weighted by atomic mass is 9.96. The summed E-state index contributed by atoms with van der Waals surface area (Å²) < 4.78 is 0. The smallest absolute Gasteiger partial charge is 0.149 e. The molecule has 0 aliphatic carbocycles. The number of hydrogen-bond donors (Lipinski definition) is 1. The van der Waals surface area contributed by atoms with Crippen LogP contribution >= 0.6 is 11.6 Å². The van der Waals surface area contributed by atoms with Gasteiger partial charge >= 0.3 is 0 Å². The summed E-state index contributed by atoms with van der Waals surface area (Å²) in [5, 5.41) is 3.75. The number of aromatic nitrogens is 2. The maximum Gasteiger partial charge on any atom is 0.149 e. The summed E-state index contributed by atoms with van der Waals surface area (Å²) in [6, 6.07) is 0.396. The molecule has 0 aliphatic rings. The van der Waals surface area contributed by atoms with E-state index in [1.54, 1.807) is 6.20 Å². The van der Waals surface area contributed by atoms with Gasteiger partial charge in [-0.3, -0.25) is 4.98 Å². The SMILES string of the molecule is CCC(CC)C(C)Nc1cncc(Cl)n1. The Labute approximate surface area is 96.3 Å². The van der Waals surface area contributed by atoms with Gasteiger partial charge in [-0.15, -0.1) is 0 Å². The van der Waals surface area contributed by atoms with Crippen molar-refractivity contribution < 1.29 is 0 Å². The summed E-state index contributed by atoms with van der Waals surface area (Å²) in [6.07, 6.45) is 5.57. The lowest BCUT2D eigenvalue weighted by molar-refractivity contribution is 0.437. The molecule has 1 rings (SSSR count). The lowest BCUT2D eigenvalue weighted by Crippen LogP contribution is -2.25. The summed E-state index contributed by atoms with van der Waals surface area (Å²) in [6.45, 7) is 6.58. The van der Waals surface area contributed by atoms with E-state index in [1.165, 1.54) is 19.0 Å². The monoisotopic (exact) mass is 227 g/mol. The molecule has 0 amide bonds. The number of nitrogens with zero attached hydrogens (tertiary/aromatic N) is 2. The van der Waals surface area contributed by atoms with Crippen LogP contribution in [0.4, 0.5) is 5.82 Å². The van der Waals surface area contributed by atoms with Crippen LogP contribution in [0.5, 0.6) is 0 Å². The van der Waals surface area contributed by atoms with Crippen LogP contribution in [0.15, 0.2) is 12.4 Å². The van der Waals surface area contributed by atoms with Gasteiger partial charge < -0.3 is 5.32 Å². The van der Waals surface area contributed by atoms with E-state index in [0.717, 1.165) is 5.82 Å². The van der Waals surface area contributed by atoms with E-state index >= 15 is 0 Å². The van der Waals surface area contributed by atoms with Crippen molar-refractivity contribution in [3.8, 4) is 0 Å². The fraction of sp³-hybridized carbons (Fsp3) is 0.636. The lowest BCUT2D eigenvalue weighted by Gasteiger charge is -2.22. The van der Waals surface area contributed by atoms with Gasteiger partial charge in [-0.05, 0) is 12.8 Å². The van der Waals surface area contributed by atoms with Crippen LogP contribution in [0.2, 0.25) is 5.15 Å². The summed E-state index contributed by atoms with van der Waals surface area (Å²) >= 11 is 5.76. The van der Waals surface area contributed by atoms with Gasteiger partial charge in [0.15, 0.2) is 0 Å². The third kappa shape index (κ3) is 3.67. The van der Waals surface area contributed by atoms with Crippen LogP contribution in [0.3, 0.4) is 0 Å². The average molecular weight is 228 g/mol. The molecule has 4 heteroatoms. The minimum atomic E-state index is 0.396. The molecule has 1 unspecified atom stereocenters. The molecule has 0 saturated carbocycles. The van der Waals surface area contributed by atoms with Crippen LogP contribution in [0.1, 0.15) is 33.6 Å². The summed E-state index contributed by atoms with van der Waals surface area (Å²) in [7, 11) is 0. The summed E-state index contributed by atoms with van der Waals surface area (Å²) in [5.74, 6) is 1.41. The van der Waals surface area contributed by atoms with Crippen molar-refractivity contribution in [1.29, 1.82) is 0 Å². The molecule has 15 heavy (non-hydrogen) atoms. The van der Waals surface area contributed by atoms with Crippen LogP contribution in [0.25, 0.3) is 0 Å². The van der Waals surface area contributed by atoms with Crippen LogP contribution in [-0.2, 0) is 0 Å². The molecule has 0 aromatic carbocycles. The van der Waals surface area contributed by atoms with E-state index in [-0.39, 0.29) is 0 Å². The van der Waals surface area contributed by atoms with E-state index in [0.29, 0.717) is 17.1 Å². The quantitative estimate of drug-likeness (QED) is 0.838. The van der Waals surface area contributed by atoms with E-state index in [2.05, 4.69) is 36.1 Å². The summed E-state index contributed by atoms with van der Waals surface area (Å²) in [5.41, 5.74) is 0. The number of anilines is 1. The normalized spacial score (nSPS) is 12.9. The molecule has 1 atom stereocenters. The molecule has 0 radical (unpaired) electrons. The Morgan fingerprint density at radius 1 is 1.33 bits per heavy atom. The Kier molecular flexibility index (Phi) is 4.82. The molecule has 1 aromatic rings. The molecule has 0 fully saturated rings. The first-order valence-corrected chi connectivity index (χ1v) is 5.79. The van der Waals surface area contributed by atoms with Gasteiger partial charge in [-0.2, -0.15) is 0 Å². The number of hydrogen-bond acceptors (Lipinski definition) is 3. The fourth-order valence-corrected chi connectivity index (χ4v) is 1.91. The maximum atomic E-state index is 5.76. The van der Waals surface area contributed by atoms with Crippen molar-refractivity contribution in [2.75, 3.05) is 5.32 Å². The second-order valence-electron chi connectivity index (χ2n) is 3.74. The van der Waals surface area contributed by atoms with Crippen molar-refractivity contribution in [3.05, 3.63) is 17.5 Å². The molecule has 1 heterocycles. The zero-order chi connectivity index (χ0) is 11.3. The van der Waals surface area contributed by atoms with E-state index in [9.17, 15) is 0 Å². The Morgan fingerprint density at radius 2 is 2.00 bits per heavy atom. The number of nitrogens with one attached hydrogen (secondary N) is 1. The minimum absolute atomic E-state index is 0.396. The van der Waals surface area contributed by atoms with Gasteiger partial charge in [0.2, 0.25) is 0 Å². The van der Waals surface area contributed by atoms with E-state index in [1.807, 2.05) is 0 Å². The van der Waals surface area contributed by atoms with Gasteiger partial charge in [0, 0.05) is 6.04 Å². The average Bonchev–Trinajstić information content (AvgIpc) is 2.19. The van der Waals surface area contributed by atoms with Gasteiger partial charge in [0.05, 0.1) is 12.4 Å². The van der Waals surface area contributed by atoms with Crippen molar-refractivity contribution >= 4 is 17.4 Å². The predicted octanol–water partition coefficient (Wildman–Crippen LogP) is 3.37. The third-order valence-electron chi connectivity index (χ3n) is 2.74. The molecule has 0 bridgehead atoms. The maximum absolute atomic E-state index is 5.76. The van der Waals surface area contributed by atoms with Crippen molar-refractivity contribution in [2.45, 2.75) is 39.7 Å². The minimum Gasteiger partial charge on any atom is -0.366 e. The molecule has 1 aromatic heterocycles. The first-order valence-electron chi connectivity index (χ1n) is 5.41. The first kappa shape index (κ1) is 12.2. The zero-order valence-electron chi connectivity index (χ0n) is 9.50. The number of halogens is 1. The zero-order valence-corrected chi connectivity index (χ0v) is 10.3. The van der Waals surface area contributed by atoms with E-state index < -0.39 is 0 Å². The highest BCUT2D eigenvalue weighted by molar-refractivity contribution is 6.29. The van der Waals surface area contributed by atoms with E-state index in [4.69, 9.17) is 11.6 Å². The van der Waals surface area contributed by atoms with Crippen LogP contribution in [0, 0.1) is 5.92 Å². The molecule has 1 N–H and O–H groups in total. The van der Waals surface area contributed by atoms with Crippen molar-refractivity contribution in [2.24, 2.45) is 5.92 Å². The molecule has 0 aliphatic heterocycles. The highest BCUT2D eigenvalue weighted by Crippen LogP contribution is 2.17. The molecular formula is C11H18ClN3. The molecular weight excluding hydrogens is 210 g/mol. The topological polar surface area (TPSA) is 37.8 Å². The predicted molar refractivity (Wildman–Crippen MR) is 64.2 cm³/mol. The standard InChI is InChI=1S/C11H18ClN3/c1-4-9(5-2)8(3)14-11-7-13-6-10(12)15-11/h6-9H,4-5H2,1-3H3,(H,14,15). The highest BCUT2D eigenvalue weighted by atomic mass is 35.5. The van der Waals surface area contributed by atoms with Crippen LogP contribution < -0.4 is 5.32 Å².